The number of amides is 1. The summed E-state index contributed by atoms with van der Waals surface area (Å²) >= 11 is 0. The van der Waals surface area contributed by atoms with Crippen LogP contribution in [0, 0.1) is 13.8 Å². The lowest BCUT2D eigenvalue weighted by Gasteiger charge is -2.19. The third kappa shape index (κ3) is 2.90. The summed E-state index contributed by atoms with van der Waals surface area (Å²) in [6.45, 7) is 7.71. The van der Waals surface area contributed by atoms with E-state index in [0.717, 1.165) is 29.9 Å². The maximum absolute atomic E-state index is 11.9. The summed E-state index contributed by atoms with van der Waals surface area (Å²) in [5.41, 5.74) is 1.92. The van der Waals surface area contributed by atoms with Gasteiger partial charge in [0.1, 0.15) is 5.76 Å². The number of rotatable bonds is 5. The van der Waals surface area contributed by atoms with E-state index in [1.807, 2.05) is 27.7 Å². The first-order chi connectivity index (χ1) is 8.49. The van der Waals surface area contributed by atoms with Gasteiger partial charge in [0.2, 0.25) is 5.91 Å². The second-order valence-electron chi connectivity index (χ2n) is 5.13. The molecule has 1 saturated carbocycles. The highest BCUT2D eigenvalue weighted by Gasteiger charge is 2.27. The van der Waals surface area contributed by atoms with Gasteiger partial charge in [-0.05, 0) is 40.5 Å². The van der Waals surface area contributed by atoms with Crippen LogP contribution in [0.2, 0.25) is 0 Å². The predicted octanol–water partition coefficient (Wildman–Crippen LogP) is 1.61. The molecular formula is C13H21N3O2. The average Bonchev–Trinajstić information content (AvgIpc) is 3.04. The second kappa shape index (κ2) is 5.10. The van der Waals surface area contributed by atoms with E-state index in [-0.39, 0.29) is 18.0 Å². The van der Waals surface area contributed by atoms with Crippen molar-refractivity contribution in [2.75, 3.05) is 0 Å². The Bertz CT molecular complexity index is 418. The zero-order valence-electron chi connectivity index (χ0n) is 11.4. The third-order valence-electron chi connectivity index (χ3n) is 3.34. The number of hydrogen-bond acceptors (Lipinski definition) is 4. The Morgan fingerprint density at radius 3 is 2.56 bits per heavy atom. The van der Waals surface area contributed by atoms with Crippen LogP contribution in [-0.2, 0) is 4.79 Å². The molecule has 0 saturated heterocycles. The van der Waals surface area contributed by atoms with Crippen LogP contribution >= 0.6 is 0 Å². The molecule has 1 aliphatic rings. The quantitative estimate of drug-likeness (QED) is 0.834. The highest BCUT2D eigenvalue weighted by atomic mass is 16.5. The SMILES string of the molecule is Cc1noc(C)c1C(C)NC(C)C(=O)NC1CC1. The summed E-state index contributed by atoms with van der Waals surface area (Å²) in [5.74, 6) is 0.874. The van der Waals surface area contributed by atoms with Crippen LogP contribution in [0.15, 0.2) is 4.52 Å². The summed E-state index contributed by atoms with van der Waals surface area (Å²) < 4.78 is 5.14. The molecule has 2 N–H and O–H groups in total. The number of aryl methyl sites for hydroxylation is 2. The fourth-order valence-electron chi connectivity index (χ4n) is 2.20. The van der Waals surface area contributed by atoms with Crippen LogP contribution in [0.25, 0.3) is 0 Å². The van der Waals surface area contributed by atoms with E-state index in [2.05, 4.69) is 15.8 Å². The van der Waals surface area contributed by atoms with Gasteiger partial charge in [0.25, 0.3) is 0 Å². The molecule has 2 unspecified atom stereocenters. The minimum absolute atomic E-state index is 0.0520. The lowest BCUT2D eigenvalue weighted by atomic mass is 10.1. The molecule has 1 fully saturated rings. The number of carbonyl (C=O) groups excluding carboxylic acids is 1. The van der Waals surface area contributed by atoms with E-state index >= 15 is 0 Å². The Morgan fingerprint density at radius 2 is 2.06 bits per heavy atom. The highest BCUT2D eigenvalue weighted by molar-refractivity contribution is 5.81. The van der Waals surface area contributed by atoms with Crippen LogP contribution in [0.3, 0.4) is 0 Å². The summed E-state index contributed by atoms with van der Waals surface area (Å²) in [6, 6.07) is 0.238. The van der Waals surface area contributed by atoms with Crippen LogP contribution in [-0.4, -0.2) is 23.1 Å². The molecule has 1 heterocycles. The van der Waals surface area contributed by atoms with Crippen molar-refractivity contribution < 1.29 is 9.32 Å². The Morgan fingerprint density at radius 1 is 1.39 bits per heavy atom. The first-order valence-corrected chi connectivity index (χ1v) is 6.48. The van der Waals surface area contributed by atoms with Gasteiger partial charge in [0.15, 0.2) is 0 Å². The Hall–Kier alpha value is -1.36. The molecule has 100 valence electrons. The molecule has 0 spiro atoms. The van der Waals surface area contributed by atoms with Crippen molar-refractivity contribution in [3.63, 3.8) is 0 Å². The zero-order valence-corrected chi connectivity index (χ0v) is 11.4. The highest BCUT2D eigenvalue weighted by Crippen LogP contribution is 2.22. The molecule has 0 radical (unpaired) electrons. The van der Waals surface area contributed by atoms with Gasteiger partial charge in [0.05, 0.1) is 11.7 Å². The molecule has 2 atom stereocenters. The van der Waals surface area contributed by atoms with Gasteiger partial charge in [-0.2, -0.15) is 0 Å². The molecule has 0 bridgehead atoms. The molecule has 1 aliphatic carbocycles. The monoisotopic (exact) mass is 251 g/mol. The second-order valence-corrected chi connectivity index (χ2v) is 5.13. The van der Waals surface area contributed by atoms with Gasteiger partial charge in [-0.3, -0.25) is 10.1 Å². The summed E-state index contributed by atoms with van der Waals surface area (Å²) in [5, 5.41) is 10.2. The molecule has 0 aliphatic heterocycles. The lowest BCUT2D eigenvalue weighted by Crippen LogP contribution is -2.44. The number of nitrogens with zero attached hydrogens (tertiary/aromatic N) is 1. The minimum Gasteiger partial charge on any atom is -0.361 e. The third-order valence-corrected chi connectivity index (χ3v) is 3.34. The van der Waals surface area contributed by atoms with Crippen LogP contribution < -0.4 is 10.6 Å². The largest absolute Gasteiger partial charge is 0.361 e. The van der Waals surface area contributed by atoms with Gasteiger partial charge < -0.3 is 9.84 Å². The van der Waals surface area contributed by atoms with Gasteiger partial charge in [-0.1, -0.05) is 5.16 Å². The van der Waals surface area contributed by atoms with E-state index in [0.29, 0.717) is 6.04 Å². The summed E-state index contributed by atoms with van der Waals surface area (Å²) in [6.07, 6.45) is 2.22. The summed E-state index contributed by atoms with van der Waals surface area (Å²) in [4.78, 5) is 11.9. The summed E-state index contributed by atoms with van der Waals surface area (Å²) in [7, 11) is 0. The fraction of sp³-hybridized carbons (Fsp3) is 0.692. The molecule has 18 heavy (non-hydrogen) atoms. The average molecular weight is 251 g/mol. The maximum Gasteiger partial charge on any atom is 0.237 e. The van der Waals surface area contributed by atoms with Crippen LogP contribution in [0.5, 0.6) is 0 Å². The number of nitrogens with one attached hydrogen (secondary N) is 2. The van der Waals surface area contributed by atoms with Gasteiger partial charge >= 0.3 is 0 Å². The number of hydrogen-bond donors (Lipinski definition) is 2. The van der Waals surface area contributed by atoms with Gasteiger partial charge in [-0.25, -0.2) is 0 Å². The normalized spacial score (nSPS) is 18.4. The van der Waals surface area contributed by atoms with Crippen LogP contribution in [0.1, 0.15) is 49.7 Å². The van der Waals surface area contributed by atoms with Crippen molar-refractivity contribution in [3.8, 4) is 0 Å². The first kappa shape index (κ1) is 13.1. The predicted molar refractivity (Wildman–Crippen MR) is 68.2 cm³/mol. The molecule has 5 nitrogen and oxygen atoms in total. The van der Waals surface area contributed by atoms with E-state index in [4.69, 9.17) is 4.52 Å². The number of carbonyl (C=O) groups is 1. The molecule has 1 aromatic heterocycles. The van der Waals surface area contributed by atoms with E-state index in [9.17, 15) is 4.79 Å². The molecule has 1 amide bonds. The Balaban J connectivity index is 1.93. The lowest BCUT2D eigenvalue weighted by molar-refractivity contribution is -0.123. The van der Waals surface area contributed by atoms with Crippen molar-refractivity contribution in [1.82, 2.24) is 15.8 Å². The molecular weight excluding hydrogens is 230 g/mol. The van der Waals surface area contributed by atoms with Gasteiger partial charge in [-0.15, -0.1) is 0 Å². The topological polar surface area (TPSA) is 67.2 Å². The maximum atomic E-state index is 11.9. The zero-order chi connectivity index (χ0) is 13.3. The molecule has 1 aromatic rings. The first-order valence-electron chi connectivity index (χ1n) is 6.48. The Kier molecular flexibility index (Phi) is 3.71. The van der Waals surface area contributed by atoms with Crippen molar-refractivity contribution in [3.05, 3.63) is 17.0 Å². The number of aromatic nitrogens is 1. The van der Waals surface area contributed by atoms with E-state index < -0.39 is 0 Å². The molecule has 2 rings (SSSR count). The standard InChI is InChI=1S/C13H21N3O2/c1-7(12-8(2)16-18-10(12)4)14-9(3)13(17)15-11-5-6-11/h7,9,11,14H,5-6H2,1-4H3,(H,15,17). The molecule has 0 aromatic carbocycles. The smallest absolute Gasteiger partial charge is 0.237 e. The fourth-order valence-corrected chi connectivity index (χ4v) is 2.20. The van der Waals surface area contributed by atoms with Crippen molar-refractivity contribution in [1.29, 1.82) is 0 Å². The van der Waals surface area contributed by atoms with Crippen molar-refractivity contribution >= 4 is 5.91 Å². The van der Waals surface area contributed by atoms with E-state index in [1.54, 1.807) is 0 Å². The van der Waals surface area contributed by atoms with Crippen molar-refractivity contribution in [2.45, 2.75) is 58.7 Å². The van der Waals surface area contributed by atoms with Crippen molar-refractivity contribution in [2.24, 2.45) is 0 Å². The van der Waals surface area contributed by atoms with E-state index in [1.165, 1.54) is 0 Å². The Labute approximate surface area is 107 Å². The van der Waals surface area contributed by atoms with Crippen LogP contribution in [0.4, 0.5) is 0 Å². The van der Waals surface area contributed by atoms with Gasteiger partial charge in [0, 0.05) is 17.6 Å². The minimum atomic E-state index is -0.214. The molecule has 5 heteroatoms.